The summed E-state index contributed by atoms with van der Waals surface area (Å²) in [6.45, 7) is 1.42. The standard InChI is InChI=1S/C17H17N5O3S2/c1-9(23)20-11(14-3-2-4-26-14)6-15(24)22-17-21-13(8-27-17)10-5-12(16(18)25)19-7-10/h2-5,7-8,11,19H,6H2,1H3,(H2,18,25)(H,20,23)(H,21,22,24)/t11-/m0/s1. The molecule has 0 aliphatic rings. The van der Waals surface area contributed by atoms with Gasteiger partial charge in [0.1, 0.15) is 5.69 Å². The number of H-pyrrole nitrogens is 1. The monoisotopic (exact) mass is 403 g/mol. The van der Waals surface area contributed by atoms with E-state index < -0.39 is 5.91 Å². The lowest BCUT2D eigenvalue weighted by Crippen LogP contribution is -2.29. The SMILES string of the molecule is CC(=O)N[C@@H](CC(=O)Nc1nc(-c2c[nH]c(C(N)=O)c2)cs1)c1cccs1. The van der Waals surface area contributed by atoms with E-state index in [1.54, 1.807) is 17.6 Å². The van der Waals surface area contributed by atoms with Crippen LogP contribution in [0.25, 0.3) is 11.3 Å². The van der Waals surface area contributed by atoms with Gasteiger partial charge in [0.2, 0.25) is 11.8 Å². The van der Waals surface area contributed by atoms with E-state index in [1.807, 2.05) is 17.5 Å². The highest BCUT2D eigenvalue weighted by Crippen LogP contribution is 2.27. The molecule has 0 spiro atoms. The Balaban J connectivity index is 1.66. The number of amides is 3. The second-order valence-corrected chi connectivity index (χ2v) is 7.56. The Morgan fingerprint density at radius 1 is 1.33 bits per heavy atom. The zero-order valence-corrected chi connectivity index (χ0v) is 15.9. The zero-order valence-electron chi connectivity index (χ0n) is 14.3. The lowest BCUT2D eigenvalue weighted by atomic mass is 10.1. The summed E-state index contributed by atoms with van der Waals surface area (Å²) in [5, 5.41) is 9.64. The third kappa shape index (κ3) is 4.80. The Hall–Kier alpha value is -2.98. The Morgan fingerprint density at radius 3 is 2.78 bits per heavy atom. The topological polar surface area (TPSA) is 130 Å². The van der Waals surface area contributed by atoms with E-state index in [0.29, 0.717) is 16.4 Å². The van der Waals surface area contributed by atoms with Gasteiger partial charge in [-0.3, -0.25) is 14.4 Å². The number of carbonyl (C=O) groups is 3. The molecule has 0 saturated carbocycles. The molecule has 0 saturated heterocycles. The largest absolute Gasteiger partial charge is 0.364 e. The number of hydrogen-bond donors (Lipinski definition) is 4. The van der Waals surface area contributed by atoms with E-state index in [1.165, 1.54) is 29.6 Å². The molecule has 3 heterocycles. The van der Waals surface area contributed by atoms with Gasteiger partial charge in [-0.25, -0.2) is 4.98 Å². The minimum atomic E-state index is -0.553. The minimum absolute atomic E-state index is 0.102. The minimum Gasteiger partial charge on any atom is -0.364 e. The van der Waals surface area contributed by atoms with Gasteiger partial charge in [0.05, 0.1) is 18.2 Å². The van der Waals surface area contributed by atoms with Crippen LogP contribution >= 0.6 is 22.7 Å². The maximum absolute atomic E-state index is 12.4. The first-order valence-corrected chi connectivity index (χ1v) is 9.73. The van der Waals surface area contributed by atoms with Crippen LogP contribution in [0.15, 0.2) is 35.2 Å². The molecule has 8 nitrogen and oxygen atoms in total. The van der Waals surface area contributed by atoms with Gasteiger partial charge in [-0.05, 0) is 17.5 Å². The molecule has 0 radical (unpaired) electrons. The number of thiazole rings is 1. The van der Waals surface area contributed by atoms with E-state index in [9.17, 15) is 14.4 Å². The lowest BCUT2D eigenvalue weighted by Gasteiger charge is -2.15. The van der Waals surface area contributed by atoms with Crippen LogP contribution in [0.2, 0.25) is 0 Å². The molecule has 3 rings (SSSR count). The third-order valence-corrected chi connectivity index (χ3v) is 5.39. The summed E-state index contributed by atoms with van der Waals surface area (Å²) < 4.78 is 0. The average Bonchev–Trinajstić information content (AvgIpc) is 3.34. The smallest absolute Gasteiger partial charge is 0.265 e. The fourth-order valence-corrected chi connectivity index (χ4v) is 3.98. The van der Waals surface area contributed by atoms with Gasteiger partial charge >= 0.3 is 0 Å². The molecular formula is C17H17N5O3S2. The maximum atomic E-state index is 12.4. The quantitative estimate of drug-likeness (QED) is 0.483. The van der Waals surface area contributed by atoms with Crippen LogP contribution in [0.5, 0.6) is 0 Å². The molecule has 3 amide bonds. The first-order chi connectivity index (χ1) is 12.9. The number of nitrogens with one attached hydrogen (secondary N) is 3. The summed E-state index contributed by atoms with van der Waals surface area (Å²) in [6, 6.07) is 4.97. The lowest BCUT2D eigenvalue weighted by molar-refractivity contribution is -0.120. The van der Waals surface area contributed by atoms with Crippen molar-refractivity contribution in [1.82, 2.24) is 15.3 Å². The predicted octanol–water partition coefficient (Wildman–Crippen LogP) is 2.50. The van der Waals surface area contributed by atoms with E-state index in [-0.39, 0.29) is 30.0 Å². The van der Waals surface area contributed by atoms with Crippen molar-refractivity contribution in [3.05, 3.63) is 45.7 Å². The number of primary amides is 1. The third-order valence-electron chi connectivity index (χ3n) is 3.65. The van der Waals surface area contributed by atoms with Gasteiger partial charge in [0.25, 0.3) is 5.91 Å². The molecule has 27 heavy (non-hydrogen) atoms. The molecule has 0 unspecified atom stereocenters. The fourth-order valence-electron chi connectivity index (χ4n) is 2.46. The summed E-state index contributed by atoms with van der Waals surface area (Å²) in [5.74, 6) is -1.01. The number of carbonyl (C=O) groups excluding carboxylic acids is 3. The van der Waals surface area contributed by atoms with Crippen molar-refractivity contribution in [2.24, 2.45) is 5.73 Å². The highest BCUT2D eigenvalue weighted by molar-refractivity contribution is 7.14. The van der Waals surface area contributed by atoms with E-state index >= 15 is 0 Å². The molecule has 0 aliphatic heterocycles. The molecule has 10 heteroatoms. The van der Waals surface area contributed by atoms with Crippen molar-refractivity contribution in [1.29, 1.82) is 0 Å². The Morgan fingerprint density at radius 2 is 2.15 bits per heavy atom. The summed E-state index contributed by atoms with van der Waals surface area (Å²) >= 11 is 2.75. The number of nitrogens with zero attached hydrogens (tertiary/aromatic N) is 1. The molecule has 0 bridgehead atoms. The van der Waals surface area contributed by atoms with Crippen LogP contribution in [0.3, 0.4) is 0 Å². The number of nitrogens with two attached hydrogens (primary N) is 1. The molecule has 0 aliphatic carbocycles. The maximum Gasteiger partial charge on any atom is 0.265 e. The van der Waals surface area contributed by atoms with Crippen LogP contribution in [-0.2, 0) is 9.59 Å². The number of hydrogen-bond acceptors (Lipinski definition) is 6. The van der Waals surface area contributed by atoms with Gasteiger partial charge in [-0.2, -0.15) is 0 Å². The van der Waals surface area contributed by atoms with E-state index in [4.69, 9.17) is 5.73 Å². The number of rotatable bonds is 7. The van der Waals surface area contributed by atoms with Crippen LogP contribution in [-0.4, -0.2) is 27.7 Å². The Labute approximate surface area is 162 Å². The van der Waals surface area contributed by atoms with Crippen LogP contribution in [0.1, 0.15) is 34.8 Å². The van der Waals surface area contributed by atoms with Gasteiger partial charge in [-0.15, -0.1) is 22.7 Å². The Kier molecular flexibility index (Phi) is 5.67. The van der Waals surface area contributed by atoms with Crippen molar-refractivity contribution in [3.8, 4) is 11.3 Å². The van der Waals surface area contributed by atoms with Gasteiger partial charge in [0.15, 0.2) is 5.13 Å². The van der Waals surface area contributed by atoms with Crippen LogP contribution in [0.4, 0.5) is 5.13 Å². The molecule has 0 aromatic carbocycles. The van der Waals surface area contributed by atoms with Crippen molar-refractivity contribution in [3.63, 3.8) is 0 Å². The normalized spacial score (nSPS) is 11.7. The molecule has 3 aromatic rings. The first-order valence-electron chi connectivity index (χ1n) is 7.97. The first kappa shape index (κ1) is 18.8. The second-order valence-electron chi connectivity index (χ2n) is 5.73. The molecule has 1 atom stereocenters. The number of anilines is 1. The van der Waals surface area contributed by atoms with Gasteiger partial charge in [0, 0.05) is 28.9 Å². The number of aromatic nitrogens is 2. The number of thiophene rings is 1. The van der Waals surface area contributed by atoms with E-state index in [2.05, 4.69) is 20.6 Å². The molecule has 5 N–H and O–H groups in total. The summed E-state index contributed by atoms with van der Waals surface area (Å²) in [7, 11) is 0. The van der Waals surface area contributed by atoms with Crippen LogP contribution < -0.4 is 16.4 Å². The second kappa shape index (κ2) is 8.14. The average molecular weight is 403 g/mol. The highest BCUT2D eigenvalue weighted by Gasteiger charge is 2.19. The predicted molar refractivity (Wildman–Crippen MR) is 105 cm³/mol. The summed E-state index contributed by atoms with van der Waals surface area (Å²) in [6.07, 6.45) is 1.73. The molecule has 3 aromatic heterocycles. The van der Waals surface area contributed by atoms with Crippen molar-refractivity contribution < 1.29 is 14.4 Å². The zero-order chi connectivity index (χ0) is 19.4. The number of aromatic amines is 1. The van der Waals surface area contributed by atoms with Gasteiger partial charge in [-0.1, -0.05) is 6.07 Å². The summed E-state index contributed by atoms with van der Waals surface area (Å²) in [4.78, 5) is 43.0. The Bertz CT molecular complexity index is 961. The fraction of sp³-hybridized carbons (Fsp3) is 0.176. The van der Waals surface area contributed by atoms with Crippen LogP contribution in [0, 0.1) is 0 Å². The van der Waals surface area contributed by atoms with Crippen molar-refractivity contribution in [2.45, 2.75) is 19.4 Å². The molecular weight excluding hydrogens is 386 g/mol. The van der Waals surface area contributed by atoms with Gasteiger partial charge < -0.3 is 21.4 Å². The van der Waals surface area contributed by atoms with Crippen molar-refractivity contribution in [2.75, 3.05) is 5.32 Å². The highest BCUT2D eigenvalue weighted by atomic mass is 32.1. The van der Waals surface area contributed by atoms with E-state index in [0.717, 1.165) is 4.88 Å². The molecule has 0 fully saturated rings. The molecule has 140 valence electrons. The summed E-state index contributed by atoms with van der Waals surface area (Å²) in [5.41, 5.74) is 6.84. The van der Waals surface area contributed by atoms with Crippen molar-refractivity contribution >= 4 is 45.5 Å².